The lowest BCUT2D eigenvalue weighted by Gasteiger charge is -2.30. The Hall–Kier alpha value is -0.600. The summed E-state index contributed by atoms with van der Waals surface area (Å²) >= 11 is 2.14. The van der Waals surface area contributed by atoms with E-state index in [1.165, 1.54) is 38.5 Å². The minimum absolute atomic E-state index is 0.0578. The lowest BCUT2D eigenvalue weighted by molar-refractivity contribution is -0.192. The van der Waals surface area contributed by atoms with Crippen LogP contribution in [0.25, 0.3) is 0 Å². The Morgan fingerprint density at radius 2 is 1.81 bits per heavy atom. The molecule has 3 aliphatic heterocycles. The van der Waals surface area contributed by atoms with E-state index in [9.17, 15) is 4.79 Å². The van der Waals surface area contributed by atoms with Gasteiger partial charge in [-0.05, 0) is 76.5 Å². The number of hydrogen-bond donors (Lipinski definition) is 1. The highest BCUT2D eigenvalue weighted by Gasteiger charge is 2.49. The van der Waals surface area contributed by atoms with Crippen LogP contribution in [-0.4, -0.2) is 59.6 Å². The molecule has 3 unspecified atom stereocenters. The average Bonchev–Trinajstić information content (AvgIpc) is 3.43. The van der Waals surface area contributed by atoms with Crippen molar-refractivity contribution in [3.05, 3.63) is 12.2 Å². The number of ether oxygens (including phenoxy) is 4. The molecule has 4 rings (SSSR count). The highest BCUT2D eigenvalue weighted by atomic mass is 32.2. The normalized spacial score (nSPS) is 35.1. The third kappa shape index (κ3) is 9.52. The molecule has 0 bridgehead atoms. The fourth-order valence-electron chi connectivity index (χ4n) is 6.49. The van der Waals surface area contributed by atoms with Crippen LogP contribution in [0.15, 0.2) is 12.2 Å². The smallest absolute Gasteiger partial charge is 0.303 e. The Kier molecular flexibility index (Phi) is 12.6. The zero-order valence-corrected chi connectivity index (χ0v) is 23.7. The fraction of sp³-hybridized carbons (Fsp3) is 0.900. The van der Waals surface area contributed by atoms with Crippen LogP contribution in [0.2, 0.25) is 0 Å². The van der Waals surface area contributed by atoms with Crippen LogP contribution in [-0.2, 0) is 23.7 Å². The van der Waals surface area contributed by atoms with E-state index in [0.717, 1.165) is 71.0 Å². The van der Waals surface area contributed by atoms with Gasteiger partial charge in [0.2, 0.25) is 0 Å². The van der Waals surface area contributed by atoms with Crippen LogP contribution in [0.3, 0.4) is 0 Å². The molecule has 212 valence electrons. The van der Waals surface area contributed by atoms with Gasteiger partial charge in [-0.3, -0.25) is 4.79 Å². The molecule has 6 nitrogen and oxygen atoms in total. The quantitative estimate of drug-likeness (QED) is 0.176. The predicted octanol–water partition coefficient (Wildman–Crippen LogP) is 7.10. The molecular weight excluding hydrogens is 488 g/mol. The zero-order valence-electron chi connectivity index (χ0n) is 22.9. The molecule has 3 saturated heterocycles. The number of carboxylic acid groups (broad SMARTS) is 1. The maximum atomic E-state index is 10.9. The van der Waals surface area contributed by atoms with Crippen molar-refractivity contribution >= 4 is 17.7 Å². The summed E-state index contributed by atoms with van der Waals surface area (Å²) in [5.74, 6) is 0.318. The highest BCUT2D eigenvalue weighted by molar-refractivity contribution is 8.00. The molecule has 0 radical (unpaired) electrons. The van der Waals surface area contributed by atoms with Gasteiger partial charge >= 0.3 is 5.97 Å². The second kappa shape index (κ2) is 15.9. The number of rotatable bonds is 15. The highest BCUT2D eigenvalue weighted by Crippen LogP contribution is 2.53. The number of carboxylic acids is 1. The monoisotopic (exact) mass is 538 g/mol. The molecule has 37 heavy (non-hydrogen) atoms. The van der Waals surface area contributed by atoms with Gasteiger partial charge in [0.05, 0.1) is 12.2 Å². The molecule has 0 aromatic rings. The van der Waals surface area contributed by atoms with Crippen LogP contribution in [0.5, 0.6) is 0 Å². The number of carbonyl (C=O) groups is 1. The minimum atomic E-state index is -0.680. The van der Waals surface area contributed by atoms with E-state index in [4.69, 9.17) is 24.1 Å². The van der Waals surface area contributed by atoms with E-state index < -0.39 is 5.97 Å². The van der Waals surface area contributed by atoms with Gasteiger partial charge in [-0.2, -0.15) is 11.8 Å². The van der Waals surface area contributed by atoms with Gasteiger partial charge in [0.15, 0.2) is 12.6 Å². The third-order valence-corrected chi connectivity index (χ3v) is 10.2. The molecule has 1 saturated carbocycles. The van der Waals surface area contributed by atoms with Crippen LogP contribution in [0.4, 0.5) is 0 Å². The van der Waals surface area contributed by atoms with Crippen LogP contribution < -0.4 is 0 Å². The summed E-state index contributed by atoms with van der Waals surface area (Å²) in [6.07, 6.45) is 21.8. The van der Waals surface area contributed by atoms with Crippen molar-refractivity contribution in [2.24, 2.45) is 11.8 Å². The molecule has 0 spiro atoms. The Labute approximate surface area is 228 Å². The van der Waals surface area contributed by atoms with Crippen LogP contribution >= 0.6 is 11.8 Å². The van der Waals surface area contributed by atoms with Crippen molar-refractivity contribution in [1.82, 2.24) is 0 Å². The molecule has 4 aliphatic rings. The first kappa shape index (κ1) is 29.4. The number of hydrogen-bond acceptors (Lipinski definition) is 6. The topological polar surface area (TPSA) is 74.2 Å². The second-order valence-electron chi connectivity index (χ2n) is 11.5. The lowest BCUT2D eigenvalue weighted by Crippen LogP contribution is -2.31. The van der Waals surface area contributed by atoms with Gasteiger partial charge in [0.25, 0.3) is 0 Å². The van der Waals surface area contributed by atoms with Crippen molar-refractivity contribution in [3.8, 4) is 0 Å². The SMILES string of the molecule is CCCCC[C@@H](C=C[C@@H]1[C@H]2CC(CCCCC(=O)O)S[C@@H]2C[C@H]1OC1CCCCO1)OC1CCCCO1. The number of aliphatic carboxylic acids is 1. The molecule has 8 atom stereocenters. The summed E-state index contributed by atoms with van der Waals surface area (Å²) in [5.41, 5.74) is 0. The zero-order chi connectivity index (χ0) is 25.9. The molecule has 4 fully saturated rings. The van der Waals surface area contributed by atoms with Crippen molar-refractivity contribution in [2.75, 3.05) is 13.2 Å². The Morgan fingerprint density at radius 1 is 1.03 bits per heavy atom. The lowest BCUT2D eigenvalue weighted by atomic mass is 9.88. The largest absolute Gasteiger partial charge is 0.481 e. The minimum Gasteiger partial charge on any atom is -0.481 e. The Balaban J connectivity index is 1.39. The van der Waals surface area contributed by atoms with Gasteiger partial charge in [-0.1, -0.05) is 44.8 Å². The van der Waals surface area contributed by atoms with Crippen LogP contribution in [0, 0.1) is 11.8 Å². The molecule has 0 aromatic heterocycles. The van der Waals surface area contributed by atoms with E-state index in [2.05, 4.69) is 30.8 Å². The van der Waals surface area contributed by atoms with E-state index in [1.54, 1.807) is 0 Å². The van der Waals surface area contributed by atoms with Crippen LogP contribution in [0.1, 0.15) is 110 Å². The molecule has 0 aromatic carbocycles. The average molecular weight is 539 g/mol. The van der Waals surface area contributed by atoms with E-state index in [0.29, 0.717) is 22.3 Å². The van der Waals surface area contributed by atoms with Crippen molar-refractivity contribution < 1.29 is 28.8 Å². The second-order valence-corrected chi connectivity index (χ2v) is 13.0. The third-order valence-electron chi connectivity index (χ3n) is 8.50. The van der Waals surface area contributed by atoms with Crippen molar-refractivity contribution in [1.29, 1.82) is 0 Å². The first-order chi connectivity index (χ1) is 18.1. The standard InChI is InChI=1S/C30H50O6S/c1-2-3-4-11-22(35-29-14-7-9-18-33-29)16-17-24-25-20-23(12-5-6-13-28(31)32)37-27(25)21-26(24)36-30-15-8-10-19-34-30/h16-17,22-27,29-30H,2-15,18-21H2,1H3,(H,31,32)/t22-,23?,24+,25+,26+,27+,29?,30?/m0/s1. The van der Waals surface area contributed by atoms with E-state index >= 15 is 0 Å². The summed E-state index contributed by atoms with van der Waals surface area (Å²) in [7, 11) is 0. The molecule has 1 N–H and O–H groups in total. The number of thioether (sulfide) groups is 1. The van der Waals surface area contributed by atoms with Gasteiger partial charge in [0.1, 0.15) is 0 Å². The van der Waals surface area contributed by atoms with Gasteiger partial charge in [-0.15, -0.1) is 0 Å². The molecule has 3 heterocycles. The molecular formula is C30H50O6S. The van der Waals surface area contributed by atoms with Crippen molar-refractivity contribution in [2.45, 2.75) is 145 Å². The van der Waals surface area contributed by atoms with Gasteiger partial charge in [0, 0.05) is 36.1 Å². The first-order valence-corrected chi connectivity index (χ1v) is 16.2. The number of fused-ring (bicyclic) bond motifs is 1. The predicted molar refractivity (Wildman–Crippen MR) is 148 cm³/mol. The van der Waals surface area contributed by atoms with Gasteiger partial charge in [-0.25, -0.2) is 0 Å². The van der Waals surface area contributed by atoms with Crippen molar-refractivity contribution in [3.63, 3.8) is 0 Å². The summed E-state index contributed by atoms with van der Waals surface area (Å²) in [4.78, 5) is 10.9. The summed E-state index contributed by atoms with van der Waals surface area (Å²) in [6, 6.07) is 0. The maximum Gasteiger partial charge on any atom is 0.303 e. The summed E-state index contributed by atoms with van der Waals surface area (Å²) in [5, 5.41) is 10.2. The first-order valence-electron chi connectivity index (χ1n) is 15.2. The fourth-order valence-corrected chi connectivity index (χ4v) is 8.41. The van der Waals surface area contributed by atoms with E-state index in [-0.39, 0.29) is 31.2 Å². The number of unbranched alkanes of at least 4 members (excludes halogenated alkanes) is 3. The Bertz CT molecular complexity index is 690. The Morgan fingerprint density at radius 3 is 2.51 bits per heavy atom. The maximum absolute atomic E-state index is 10.9. The molecule has 7 heteroatoms. The van der Waals surface area contributed by atoms with Gasteiger partial charge < -0.3 is 24.1 Å². The molecule has 1 aliphatic carbocycles. The summed E-state index contributed by atoms with van der Waals surface area (Å²) in [6.45, 7) is 3.87. The molecule has 0 amide bonds. The van der Waals surface area contributed by atoms with E-state index in [1.807, 2.05) is 0 Å². The summed E-state index contributed by atoms with van der Waals surface area (Å²) < 4.78 is 25.0.